The van der Waals surface area contributed by atoms with E-state index < -0.39 is 5.97 Å². The van der Waals surface area contributed by atoms with Crippen LogP contribution < -0.4 is 10.1 Å². The van der Waals surface area contributed by atoms with Crippen LogP contribution in [0.1, 0.15) is 15.9 Å². The van der Waals surface area contributed by atoms with Gasteiger partial charge in [-0.2, -0.15) is 0 Å². The highest BCUT2D eigenvalue weighted by molar-refractivity contribution is 5.90. The Bertz CT molecular complexity index is 679. The molecule has 1 heterocycles. The molecule has 0 aliphatic carbocycles. The van der Waals surface area contributed by atoms with Crippen LogP contribution >= 0.6 is 0 Å². The molecular weight excluding hydrogens is 254 g/mol. The lowest BCUT2D eigenvalue weighted by atomic mass is 9.99. The Morgan fingerprint density at radius 3 is 2.85 bits per heavy atom. The third-order valence-corrected chi connectivity index (χ3v) is 3.57. The third kappa shape index (κ3) is 2.09. The summed E-state index contributed by atoms with van der Waals surface area (Å²) in [5.41, 5.74) is 4.46. The van der Waals surface area contributed by atoms with E-state index in [0.29, 0.717) is 5.75 Å². The van der Waals surface area contributed by atoms with Gasteiger partial charge in [-0.25, -0.2) is 4.79 Å². The van der Waals surface area contributed by atoms with E-state index >= 15 is 0 Å². The maximum atomic E-state index is 11.1. The van der Waals surface area contributed by atoms with Gasteiger partial charge < -0.3 is 15.2 Å². The zero-order valence-corrected chi connectivity index (χ0v) is 11.1. The summed E-state index contributed by atoms with van der Waals surface area (Å²) in [5.74, 6) is -0.252. The van der Waals surface area contributed by atoms with E-state index in [-0.39, 0.29) is 5.56 Å². The molecule has 0 unspecified atom stereocenters. The monoisotopic (exact) mass is 269 g/mol. The fourth-order valence-electron chi connectivity index (χ4n) is 2.54. The molecule has 2 aromatic rings. The second kappa shape index (κ2) is 4.89. The van der Waals surface area contributed by atoms with Crippen molar-refractivity contribution in [1.82, 2.24) is 0 Å². The largest absolute Gasteiger partial charge is 0.496 e. The molecule has 0 amide bonds. The minimum absolute atomic E-state index is 0.263. The molecule has 0 bridgehead atoms. The molecule has 0 aromatic heterocycles. The van der Waals surface area contributed by atoms with E-state index in [4.69, 9.17) is 9.84 Å². The van der Waals surface area contributed by atoms with Crippen molar-refractivity contribution >= 4 is 11.7 Å². The zero-order valence-electron chi connectivity index (χ0n) is 11.1. The highest BCUT2D eigenvalue weighted by Gasteiger charge is 2.14. The van der Waals surface area contributed by atoms with E-state index in [1.807, 2.05) is 12.1 Å². The number of aromatic carboxylic acids is 1. The van der Waals surface area contributed by atoms with Gasteiger partial charge in [0.25, 0.3) is 0 Å². The molecule has 0 saturated heterocycles. The summed E-state index contributed by atoms with van der Waals surface area (Å²) >= 11 is 0. The van der Waals surface area contributed by atoms with E-state index in [0.717, 1.165) is 29.8 Å². The van der Waals surface area contributed by atoms with Gasteiger partial charge in [0.15, 0.2) is 0 Å². The van der Waals surface area contributed by atoms with Crippen molar-refractivity contribution in [1.29, 1.82) is 0 Å². The number of hydrogen-bond acceptors (Lipinski definition) is 3. The van der Waals surface area contributed by atoms with Crippen molar-refractivity contribution in [2.45, 2.75) is 6.42 Å². The minimum atomic E-state index is -0.934. The number of carboxylic acids is 1. The predicted molar refractivity (Wildman–Crippen MR) is 77.6 cm³/mol. The molecule has 2 aromatic carbocycles. The Labute approximate surface area is 117 Å². The van der Waals surface area contributed by atoms with Gasteiger partial charge in [-0.1, -0.05) is 6.07 Å². The van der Waals surface area contributed by atoms with Crippen molar-refractivity contribution < 1.29 is 14.6 Å². The lowest BCUT2D eigenvalue weighted by Gasteiger charge is -2.11. The summed E-state index contributed by atoms with van der Waals surface area (Å²) in [5, 5.41) is 12.4. The normalized spacial score (nSPS) is 12.7. The van der Waals surface area contributed by atoms with Gasteiger partial charge in [-0.3, -0.25) is 0 Å². The molecule has 2 N–H and O–H groups in total. The Morgan fingerprint density at radius 2 is 2.10 bits per heavy atom. The van der Waals surface area contributed by atoms with Crippen LogP contribution in [-0.2, 0) is 6.42 Å². The fraction of sp³-hybridized carbons (Fsp3) is 0.188. The van der Waals surface area contributed by atoms with Gasteiger partial charge in [0, 0.05) is 17.8 Å². The van der Waals surface area contributed by atoms with Gasteiger partial charge in [0.2, 0.25) is 0 Å². The SMILES string of the molecule is COc1ccc(C(=O)O)cc1-c1ccc2c(c1)CCN2. The highest BCUT2D eigenvalue weighted by Crippen LogP contribution is 2.34. The van der Waals surface area contributed by atoms with E-state index in [1.165, 1.54) is 5.56 Å². The number of carbonyl (C=O) groups is 1. The Kier molecular flexibility index (Phi) is 3.06. The van der Waals surface area contributed by atoms with Gasteiger partial charge in [-0.15, -0.1) is 0 Å². The summed E-state index contributed by atoms with van der Waals surface area (Å²) in [6.45, 7) is 0.949. The summed E-state index contributed by atoms with van der Waals surface area (Å²) in [6.07, 6.45) is 0.990. The van der Waals surface area contributed by atoms with Crippen LogP contribution in [-0.4, -0.2) is 24.7 Å². The van der Waals surface area contributed by atoms with Crippen molar-refractivity contribution in [3.8, 4) is 16.9 Å². The molecule has 20 heavy (non-hydrogen) atoms. The Balaban J connectivity index is 2.12. The molecule has 0 atom stereocenters. The molecule has 0 fully saturated rings. The van der Waals surface area contributed by atoms with Gasteiger partial charge in [0.1, 0.15) is 5.75 Å². The van der Waals surface area contributed by atoms with Gasteiger partial charge in [-0.05, 0) is 47.9 Å². The third-order valence-electron chi connectivity index (χ3n) is 3.57. The van der Waals surface area contributed by atoms with E-state index in [9.17, 15) is 4.79 Å². The average molecular weight is 269 g/mol. The van der Waals surface area contributed by atoms with Crippen LogP contribution in [0.15, 0.2) is 36.4 Å². The van der Waals surface area contributed by atoms with Crippen molar-refractivity contribution in [2.75, 3.05) is 19.0 Å². The number of benzene rings is 2. The van der Waals surface area contributed by atoms with Crippen LogP contribution in [0.2, 0.25) is 0 Å². The smallest absolute Gasteiger partial charge is 0.335 e. The quantitative estimate of drug-likeness (QED) is 0.899. The lowest BCUT2D eigenvalue weighted by molar-refractivity contribution is 0.0697. The van der Waals surface area contributed by atoms with Gasteiger partial charge >= 0.3 is 5.97 Å². The topological polar surface area (TPSA) is 58.6 Å². The minimum Gasteiger partial charge on any atom is -0.496 e. The first-order chi connectivity index (χ1) is 9.69. The zero-order chi connectivity index (χ0) is 14.1. The molecule has 4 nitrogen and oxygen atoms in total. The van der Waals surface area contributed by atoms with Crippen LogP contribution in [0.5, 0.6) is 5.75 Å². The first kappa shape index (κ1) is 12.5. The van der Waals surface area contributed by atoms with Crippen LogP contribution in [0, 0.1) is 0 Å². The number of ether oxygens (including phenoxy) is 1. The summed E-state index contributed by atoms with van der Waals surface area (Å²) in [6, 6.07) is 11.0. The number of methoxy groups -OCH3 is 1. The number of anilines is 1. The first-order valence-corrected chi connectivity index (χ1v) is 6.47. The second-order valence-corrected chi connectivity index (χ2v) is 4.77. The van der Waals surface area contributed by atoms with Crippen LogP contribution in [0.4, 0.5) is 5.69 Å². The second-order valence-electron chi connectivity index (χ2n) is 4.77. The number of nitrogens with one attached hydrogen (secondary N) is 1. The fourth-order valence-corrected chi connectivity index (χ4v) is 2.54. The molecule has 0 radical (unpaired) electrons. The molecule has 3 rings (SSSR count). The Morgan fingerprint density at radius 1 is 1.25 bits per heavy atom. The number of fused-ring (bicyclic) bond motifs is 1. The first-order valence-electron chi connectivity index (χ1n) is 6.47. The average Bonchev–Trinajstić information content (AvgIpc) is 2.93. The molecule has 0 spiro atoms. The summed E-state index contributed by atoms with van der Waals surface area (Å²) in [7, 11) is 1.59. The maximum Gasteiger partial charge on any atom is 0.335 e. The molecule has 4 heteroatoms. The van der Waals surface area contributed by atoms with E-state index in [1.54, 1.807) is 25.3 Å². The van der Waals surface area contributed by atoms with E-state index in [2.05, 4.69) is 11.4 Å². The van der Waals surface area contributed by atoms with Crippen molar-refractivity contribution in [3.05, 3.63) is 47.5 Å². The van der Waals surface area contributed by atoms with Crippen LogP contribution in [0.25, 0.3) is 11.1 Å². The van der Waals surface area contributed by atoms with Gasteiger partial charge in [0.05, 0.1) is 12.7 Å². The standard InChI is InChI=1S/C16H15NO3/c1-20-15-5-3-12(16(18)19)9-13(15)10-2-4-14-11(8-10)6-7-17-14/h2-5,8-9,17H,6-7H2,1H3,(H,18,19). The summed E-state index contributed by atoms with van der Waals surface area (Å²) in [4.78, 5) is 11.1. The van der Waals surface area contributed by atoms with Crippen molar-refractivity contribution in [2.24, 2.45) is 0 Å². The molecular formula is C16H15NO3. The molecule has 0 saturated carbocycles. The number of carboxylic acid groups (broad SMARTS) is 1. The Hall–Kier alpha value is -2.49. The number of hydrogen-bond donors (Lipinski definition) is 2. The van der Waals surface area contributed by atoms with Crippen molar-refractivity contribution in [3.63, 3.8) is 0 Å². The molecule has 1 aliphatic heterocycles. The summed E-state index contributed by atoms with van der Waals surface area (Å²) < 4.78 is 5.35. The van der Waals surface area contributed by atoms with Crippen LogP contribution in [0.3, 0.4) is 0 Å². The highest BCUT2D eigenvalue weighted by atomic mass is 16.5. The maximum absolute atomic E-state index is 11.1. The lowest BCUT2D eigenvalue weighted by Crippen LogP contribution is -1.98. The predicted octanol–water partition coefficient (Wildman–Crippen LogP) is 3.03. The molecule has 1 aliphatic rings. The molecule has 102 valence electrons. The number of rotatable bonds is 3.